The van der Waals surface area contributed by atoms with E-state index >= 15 is 0 Å². The zero-order valence-corrected chi connectivity index (χ0v) is 18.8. The summed E-state index contributed by atoms with van der Waals surface area (Å²) in [6, 6.07) is 12.8. The van der Waals surface area contributed by atoms with Gasteiger partial charge in [-0.3, -0.25) is 4.79 Å². The highest BCUT2D eigenvalue weighted by Crippen LogP contribution is 2.33. The number of halogens is 2. The Bertz CT molecular complexity index is 1020. The summed E-state index contributed by atoms with van der Waals surface area (Å²) in [5, 5.41) is 0. The number of hydrogen-bond donors (Lipinski definition) is 0. The fourth-order valence-corrected chi connectivity index (χ4v) is 4.32. The average Bonchev–Trinajstić information content (AvgIpc) is 3.12. The third-order valence-electron chi connectivity index (χ3n) is 4.93. The first-order valence-corrected chi connectivity index (χ1v) is 11.2. The number of benzene rings is 2. The van der Waals surface area contributed by atoms with Crippen LogP contribution in [0, 0.1) is 18.6 Å². The van der Waals surface area contributed by atoms with Gasteiger partial charge in [-0.1, -0.05) is 31.2 Å². The van der Waals surface area contributed by atoms with Crippen molar-refractivity contribution in [2.45, 2.75) is 46.6 Å². The molecule has 0 saturated heterocycles. The maximum atomic E-state index is 14.5. The molecule has 1 heterocycles. The van der Waals surface area contributed by atoms with Crippen molar-refractivity contribution in [3.05, 3.63) is 75.0 Å². The number of carbonyl (C=O) groups excluding carboxylic acids is 1. The summed E-state index contributed by atoms with van der Waals surface area (Å²) < 4.78 is 39.5. The Balaban J connectivity index is 1.73. The Morgan fingerprint density at radius 1 is 1.00 bits per heavy atom. The maximum absolute atomic E-state index is 14.5. The van der Waals surface area contributed by atoms with Crippen LogP contribution in [0.25, 0.3) is 11.1 Å². The molecule has 0 fully saturated rings. The quantitative estimate of drug-likeness (QED) is 0.347. The van der Waals surface area contributed by atoms with Crippen LogP contribution in [0.2, 0.25) is 0 Å². The van der Waals surface area contributed by atoms with Crippen LogP contribution in [0.15, 0.2) is 42.5 Å². The van der Waals surface area contributed by atoms with Crippen LogP contribution >= 0.6 is 11.3 Å². The highest BCUT2D eigenvalue weighted by molar-refractivity contribution is 7.12. The zero-order chi connectivity index (χ0) is 22.4. The lowest BCUT2D eigenvalue weighted by Crippen LogP contribution is -2.06. The topological polar surface area (TPSA) is 35.5 Å². The van der Waals surface area contributed by atoms with Gasteiger partial charge in [0.2, 0.25) is 0 Å². The molecule has 6 heteroatoms. The van der Waals surface area contributed by atoms with E-state index in [-0.39, 0.29) is 26.1 Å². The van der Waals surface area contributed by atoms with Gasteiger partial charge in [-0.25, -0.2) is 8.78 Å². The standard InChI is InChI=1S/C25H26F2O3S/c1-4-17-6-9-19(10-7-17)20-12-16(3)31-23(20)15-30-25-21(26)13-18(14-22(25)27)8-11-24(28)29-5-2/h6-7,9-10,12-14H,4-5,8,11,15H2,1-3H3. The molecule has 2 aromatic carbocycles. The number of rotatable bonds is 9. The molecule has 0 bridgehead atoms. The molecule has 3 rings (SSSR count). The van der Waals surface area contributed by atoms with Crippen LogP contribution < -0.4 is 4.74 Å². The van der Waals surface area contributed by atoms with Crippen molar-refractivity contribution in [1.29, 1.82) is 0 Å². The number of esters is 1. The van der Waals surface area contributed by atoms with Gasteiger partial charge in [-0.05, 0) is 67.1 Å². The van der Waals surface area contributed by atoms with Gasteiger partial charge in [0.05, 0.1) is 11.5 Å². The van der Waals surface area contributed by atoms with Gasteiger partial charge in [0.1, 0.15) is 6.61 Å². The largest absolute Gasteiger partial charge is 0.482 e. The van der Waals surface area contributed by atoms with E-state index in [1.165, 1.54) is 17.7 Å². The average molecular weight is 445 g/mol. The second-order valence-corrected chi connectivity index (χ2v) is 8.57. The molecule has 0 aliphatic heterocycles. The normalized spacial score (nSPS) is 10.9. The van der Waals surface area contributed by atoms with Crippen LogP contribution in [0.5, 0.6) is 5.75 Å². The molecular formula is C25H26F2O3S. The SMILES string of the molecule is CCOC(=O)CCc1cc(F)c(OCc2sc(C)cc2-c2ccc(CC)cc2)c(F)c1. The highest BCUT2D eigenvalue weighted by Gasteiger charge is 2.16. The predicted octanol–water partition coefficient (Wildman–Crippen LogP) is 6.64. The third kappa shape index (κ3) is 5.91. The van der Waals surface area contributed by atoms with Crippen LogP contribution in [-0.2, 0) is 29.0 Å². The van der Waals surface area contributed by atoms with Crippen LogP contribution in [0.3, 0.4) is 0 Å². The minimum Gasteiger partial charge on any atom is -0.482 e. The lowest BCUT2D eigenvalue weighted by atomic mass is 10.0. The molecule has 3 aromatic rings. The highest BCUT2D eigenvalue weighted by atomic mass is 32.1. The first kappa shape index (κ1) is 22.9. The first-order chi connectivity index (χ1) is 14.9. The number of ether oxygens (including phenoxy) is 2. The molecule has 0 spiro atoms. The monoisotopic (exact) mass is 444 g/mol. The number of carbonyl (C=O) groups is 1. The molecule has 31 heavy (non-hydrogen) atoms. The smallest absolute Gasteiger partial charge is 0.306 e. The summed E-state index contributed by atoms with van der Waals surface area (Å²) in [5.41, 5.74) is 3.70. The molecular weight excluding hydrogens is 418 g/mol. The van der Waals surface area contributed by atoms with E-state index in [9.17, 15) is 13.6 Å². The van der Waals surface area contributed by atoms with Gasteiger partial charge in [0.15, 0.2) is 17.4 Å². The van der Waals surface area contributed by atoms with Gasteiger partial charge >= 0.3 is 5.97 Å². The molecule has 0 radical (unpaired) electrons. The Hall–Kier alpha value is -2.73. The van der Waals surface area contributed by atoms with E-state index < -0.39 is 23.4 Å². The zero-order valence-electron chi connectivity index (χ0n) is 18.0. The Morgan fingerprint density at radius 3 is 2.29 bits per heavy atom. The van der Waals surface area contributed by atoms with Crippen molar-refractivity contribution < 1.29 is 23.0 Å². The molecule has 0 aliphatic rings. The summed E-state index contributed by atoms with van der Waals surface area (Å²) in [5.74, 6) is -2.35. The minimum atomic E-state index is -0.777. The molecule has 3 nitrogen and oxygen atoms in total. The molecule has 0 N–H and O–H groups in total. The molecule has 0 unspecified atom stereocenters. The van der Waals surface area contributed by atoms with Crippen LogP contribution in [0.1, 0.15) is 41.1 Å². The van der Waals surface area contributed by atoms with Gasteiger partial charge in [0, 0.05) is 11.3 Å². The second kappa shape index (κ2) is 10.5. The van der Waals surface area contributed by atoms with E-state index in [0.717, 1.165) is 27.3 Å². The van der Waals surface area contributed by atoms with Crippen LogP contribution in [0.4, 0.5) is 8.78 Å². The van der Waals surface area contributed by atoms with E-state index in [0.29, 0.717) is 5.56 Å². The summed E-state index contributed by atoms with van der Waals surface area (Å²) in [4.78, 5) is 13.5. The van der Waals surface area contributed by atoms with Gasteiger partial charge in [-0.15, -0.1) is 11.3 Å². The number of thiophene rings is 1. The lowest BCUT2D eigenvalue weighted by molar-refractivity contribution is -0.143. The summed E-state index contributed by atoms with van der Waals surface area (Å²) in [7, 11) is 0. The van der Waals surface area contributed by atoms with E-state index in [4.69, 9.17) is 9.47 Å². The fraction of sp³-hybridized carbons (Fsp3) is 0.320. The predicted molar refractivity (Wildman–Crippen MR) is 120 cm³/mol. The Kier molecular flexibility index (Phi) is 7.80. The number of aryl methyl sites for hydroxylation is 3. The summed E-state index contributed by atoms with van der Waals surface area (Å²) >= 11 is 1.55. The first-order valence-electron chi connectivity index (χ1n) is 10.4. The molecule has 164 valence electrons. The lowest BCUT2D eigenvalue weighted by Gasteiger charge is -2.11. The molecule has 1 aromatic heterocycles. The van der Waals surface area contributed by atoms with Crippen molar-refractivity contribution in [3.8, 4) is 16.9 Å². The van der Waals surface area contributed by atoms with Gasteiger partial charge in [0.25, 0.3) is 0 Å². The van der Waals surface area contributed by atoms with Gasteiger partial charge < -0.3 is 9.47 Å². The molecule has 0 amide bonds. The molecule has 0 aliphatic carbocycles. The van der Waals surface area contributed by atoms with E-state index in [2.05, 4.69) is 37.3 Å². The Morgan fingerprint density at radius 2 is 1.68 bits per heavy atom. The van der Waals surface area contributed by atoms with Crippen LogP contribution in [-0.4, -0.2) is 12.6 Å². The van der Waals surface area contributed by atoms with Crippen molar-refractivity contribution in [3.63, 3.8) is 0 Å². The minimum absolute atomic E-state index is 0.0688. The maximum Gasteiger partial charge on any atom is 0.306 e. The summed E-state index contributed by atoms with van der Waals surface area (Å²) in [6.07, 6.45) is 1.24. The molecule has 0 atom stereocenters. The van der Waals surface area contributed by atoms with Crippen molar-refractivity contribution in [2.75, 3.05) is 6.61 Å². The van der Waals surface area contributed by atoms with E-state index in [1.54, 1.807) is 18.3 Å². The molecule has 0 saturated carbocycles. The fourth-order valence-electron chi connectivity index (χ4n) is 3.35. The Labute approximate surface area is 185 Å². The van der Waals surface area contributed by atoms with Crippen molar-refractivity contribution >= 4 is 17.3 Å². The third-order valence-corrected chi connectivity index (χ3v) is 5.96. The van der Waals surface area contributed by atoms with E-state index in [1.807, 2.05) is 6.92 Å². The second-order valence-electron chi connectivity index (χ2n) is 7.23. The van der Waals surface area contributed by atoms with Crippen molar-refractivity contribution in [1.82, 2.24) is 0 Å². The van der Waals surface area contributed by atoms with Gasteiger partial charge in [-0.2, -0.15) is 0 Å². The number of hydrogen-bond acceptors (Lipinski definition) is 4. The summed E-state index contributed by atoms with van der Waals surface area (Å²) in [6.45, 7) is 6.16. The van der Waals surface area contributed by atoms with Crippen molar-refractivity contribution in [2.24, 2.45) is 0 Å².